The summed E-state index contributed by atoms with van der Waals surface area (Å²) in [6, 6.07) is 14.2. The van der Waals surface area contributed by atoms with E-state index in [0.29, 0.717) is 0 Å². The Hall–Kier alpha value is -1.87. The van der Waals surface area contributed by atoms with Gasteiger partial charge in [-0.05, 0) is 25.3 Å². The van der Waals surface area contributed by atoms with Crippen LogP contribution in [0.1, 0.15) is 24.8 Å². The van der Waals surface area contributed by atoms with Crippen molar-refractivity contribution in [3.05, 3.63) is 48.0 Å². The number of aliphatic hydroxyl groups is 1. The Morgan fingerprint density at radius 1 is 0.950 bits per heavy atom. The van der Waals surface area contributed by atoms with Gasteiger partial charge in [0.2, 0.25) is 0 Å². The van der Waals surface area contributed by atoms with Gasteiger partial charge in [-0.2, -0.15) is 0 Å². The summed E-state index contributed by atoms with van der Waals surface area (Å²) < 4.78 is 0. The zero-order chi connectivity index (χ0) is 13.8. The average Bonchev–Trinajstić information content (AvgIpc) is 2.56. The SMILES string of the molecule is OCc1ccc(-c2ccccc2)nc1N1CCCCC1. The Morgan fingerprint density at radius 3 is 2.40 bits per heavy atom. The van der Waals surface area contributed by atoms with Gasteiger partial charge in [-0.25, -0.2) is 4.98 Å². The molecule has 1 aromatic carbocycles. The summed E-state index contributed by atoms with van der Waals surface area (Å²) in [7, 11) is 0. The molecule has 0 bridgehead atoms. The van der Waals surface area contributed by atoms with Crippen molar-refractivity contribution in [2.45, 2.75) is 25.9 Å². The topological polar surface area (TPSA) is 36.4 Å². The molecule has 1 aliphatic rings. The number of aromatic nitrogens is 1. The average molecular weight is 268 g/mol. The molecule has 0 unspecified atom stereocenters. The maximum Gasteiger partial charge on any atom is 0.134 e. The summed E-state index contributed by atoms with van der Waals surface area (Å²) in [5, 5.41) is 9.54. The molecule has 0 aliphatic carbocycles. The Morgan fingerprint density at radius 2 is 1.70 bits per heavy atom. The van der Waals surface area contributed by atoms with Crippen LogP contribution in [-0.4, -0.2) is 23.2 Å². The van der Waals surface area contributed by atoms with Crippen molar-refractivity contribution in [2.75, 3.05) is 18.0 Å². The van der Waals surface area contributed by atoms with E-state index in [1.54, 1.807) is 0 Å². The molecule has 2 aromatic rings. The van der Waals surface area contributed by atoms with E-state index in [1.165, 1.54) is 19.3 Å². The second-order valence-corrected chi connectivity index (χ2v) is 5.25. The minimum absolute atomic E-state index is 0.0495. The van der Waals surface area contributed by atoms with Crippen molar-refractivity contribution >= 4 is 5.82 Å². The van der Waals surface area contributed by atoms with E-state index in [2.05, 4.69) is 17.0 Å². The molecule has 3 rings (SSSR count). The van der Waals surface area contributed by atoms with Crippen molar-refractivity contribution in [1.82, 2.24) is 4.98 Å². The van der Waals surface area contributed by atoms with Crippen LogP contribution in [0.25, 0.3) is 11.3 Å². The zero-order valence-electron chi connectivity index (χ0n) is 11.6. The van der Waals surface area contributed by atoms with Gasteiger partial charge in [-0.15, -0.1) is 0 Å². The van der Waals surface area contributed by atoms with Crippen LogP contribution in [0.5, 0.6) is 0 Å². The summed E-state index contributed by atoms with van der Waals surface area (Å²) in [6.07, 6.45) is 3.72. The van der Waals surface area contributed by atoms with Gasteiger partial charge in [0, 0.05) is 24.2 Å². The molecule has 20 heavy (non-hydrogen) atoms. The molecule has 3 nitrogen and oxygen atoms in total. The van der Waals surface area contributed by atoms with Gasteiger partial charge in [0.1, 0.15) is 5.82 Å². The summed E-state index contributed by atoms with van der Waals surface area (Å²) in [6.45, 7) is 2.13. The highest BCUT2D eigenvalue weighted by Gasteiger charge is 2.16. The molecule has 1 N–H and O–H groups in total. The molecule has 1 aromatic heterocycles. The van der Waals surface area contributed by atoms with Crippen molar-refractivity contribution in [1.29, 1.82) is 0 Å². The van der Waals surface area contributed by atoms with Crippen LogP contribution in [0.15, 0.2) is 42.5 Å². The van der Waals surface area contributed by atoms with Crippen LogP contribution in [-0.2, 0) is 6.61 Å². The van der Waals surface area contributed by atoms with Gasteiger partial charge in [0.25, 0.3) is 0 Å². The monoisotopic (exact) mass is 268 g/mol. The van der Waals surface area contributed by atoms with Crippen LogP contribution in [0.2, 0.25) is 0 Å². The molecule has 1 saturated heterocycles. The van der Waals surface area contributed by atoms with Crippen LogP contribution < -0.4 is 4.90 Å². The Kier molecular flexibility index (Phi) is 3.97. The van der Waals surface area contributed by atoms with Crippen LogP contribution >= 0.6 is 0 Å². The highest BCUT2D eigenvalue weighted by atomic mass is 16.3. The van der Waals surface area contributed by atoms with E-state index in [4.69, 9.17) is 4.98 Å². The third-order valence-electron chi connectivity index (χ3n) is 3.85. The molecular weight excluding hydrogens is 248 g/mol. The third kappa shape index (κ3) is 2.68. The highest BCUT2D eigenvalue weighted by Crippen LogP contribution is 2.26. The molecular formula is C17H20N2O. The minimum Gasteiger partial charge on any atom is -0.392 e. The fourth-order valence-corrected chi connectivity index (χ4v) is 2.75. The van der Waals surface area contributed by atoms with E-state index >= 15 is 0 Å². The number of hydrogen-bond acceptors (Lipinski definition) is 3. The lowest BCUT2D eigenvalue weighted by atomic mass is 10.1. The molecule has 104 valence electrons. The van der Waals surface area contributed by atoms with Gasteiger partial charge in [-0.3, -0.25) is 0 Å². The summed E-state index contributed by atoms with van der Waals surface area (Å²) in [5.74, 6) is 0.952. The molecule has 0 amide bonds. The largest absolute Gasteiger partial charge is 0.392 e. The van der Waals surface area contributed by atoms with Gasteiger partial charge in [0.05, 0.1) is 12.3 Å². The van der Waals surface area contributed by atoms with Crippen molar-refractivity contribution in [3.8, 4) is 11.3 Å². The maximum atomic E-state index is 9.54. The zero-order valence-corrected chi connectivity index (χ0v) is 11.6. The quantitative estimate of drug-likeness (QED) is 0.928. The molecule has 0 saturated carbocycles. The Bertz CT molecular complexity index is 562. The van der Waals surface area contributed by atoms with Crippen molar-refractivity contribution < 1.29 is 5.11 Å². The second-order valence-electron chi connectivity index (χ2n) is 5.25. The smallest absolute Gasteiger partial charge is 0.134 e. The summed E-state index contributed by atoms with van der Waals surface area (Å²) in [5.41, 5.74) is 3.02. The predicted molar refractivity (Wildman–Crippen MR) is 81.7 cm³/mol. The summed E-state index contributed by atoms with van der Waals surface area (Å²) >= 11 is 0. The van der Waals surface area contributed by atoms with Gasteiger partial charge in [-0.1, -0.05) is 36.4 Å². The second kappa shape index (κ2) is 6.06. The van der Waals surface area contributed by atoms with Gasteiger partial charge >= 0.3 is 0 Å². The molecule has 2 heterocycles. The number of piperidine rings is 1. The highest BCUT2D eigenvalue weighted by molar-refractivity contribution is 5.63. The van der Waals surface area contributed by atoms with Gasteiger partial charge < -0.3 is 10.0 Å². The van der Waals surface area contributed by atoms with Crippen molar-refractivity contribution in [2.24, 2.45) is 0 Å². The standard InChI is InChI=1S/C17H20N2O/c20-13-15-9-10-16(14-7-3-1-4-8-14)18-17(15)19-11-5-2-6-12-19/h1,3-4,7-10,20H,2,5-6,11-13H2. The predicted octanol–water partition coefficient (Wildman–Crippen LogP) is 3.23. The number of nitrogens with zero attached hydrogens (tertiary/aromatic N) is 2. The lowest BCUT2D eigenvalue weighted by Crippen LogP contribution is -2.31. The van der Waals surface area contributed by atoms with E-state index in [0.717, 1.165) is 35.7 Å². The first-order valence-corrected chi connectivity index (χ1v) is 7.29. The maximum absolute atomic E-state index is 9.54. The number of hydrogen-bond donors (Lipinski definition) is 1. The molecule has 1 aliphatic heterocycles. The third-order valence-corrected chi connectivity index (χ3v) is 3.85. The molecule has 3 heteroatoms. The molecule has 1 fully saturated rings. The first kappa shape index (κ1) is 13.1. The van der Waals surface area contributed by atoms with E-state index < -0.39 is 0 Å². The normalized spacial score (nSPS) is 15.3. The fourth-order valence-electron chi connectivity index (χ4n) is 2.75. The van der Waals surface area contributed by atoms with E-state index in [9.17, 15) is 5.11 Å². The lowest BCUT2D eigenvalue weighted by molar-refractivity contribution is 0.281. The number of rotatable bonds is 3. The Balaban J connectivity index is 1.98. The Labute approximate surface area is 119 Å². The van der Waals surface area contributed by atoms with Crippen molar-refractivity contribution in [3.63, 3.8) is 0 Å². The first-order chi connectivity index (χ1) is 9.88. The molecule has 0 radical (unpaired) electrons. The molecule has 0 atom stereocenters. The summed E-state index contributed by atoms with van der Waals surface area (Å²) in [4.78, 5) is 7.11. The number of aliphatic hydroxyl groups excluding tert-OH is 1. The first-order valence-electron chi connectivity index (χ1n) is 7.29. The number of benzene rings is 1. The van der Waals surface area contributed by atoms with E-state index in [-0.39, 0.29) is 6.61 Å². The van der Waals surface area contributed by atoms with Crippen LogP contribution in [0.3, 0.4) is 0 Å². The fraction of sp³-hybridized carbons (Fsp3) is 0.353. The van der Waals surface area contributed by atoms with Crippen LogP contribution in [0, 0.1) is 0 Å². The lowest BCUT2D eigenvalue weighted by Gasteiger charge is -2.29. The van der Waals surface area contributed by atoms with E-state index in [1.807, 2.05) is 30.3 Å². The number of anilines is 1. The van der Waals surface area contributed by atoms with Crippen LogP contribution in [0.4, 0.5) is 5.82 Å². The van der Waals surface area contributed by atoms with Gasteiger partial charge in [0.15, 0.2) is 0 Å². The number of pyridine rings is 1. The minimum atomic E-state index is 0.0495. The molecule has 0 spiro atoms.